The van der Waals surface area contributed by atoms with E-state index < -0.39 is 22.1 Å². The third-order valence-corrected chi connectivity index (χ3v) is 4.66. The Morgan fingerprint density at radius 1 is 1.16 bits per heavy atom. The van der Waals surface area contributed by atoms with E-state index in [4.69, 9.17) is 11.6 Å². The second-order valence-corrected chi connectivity index (χ2v) is 7.20. The Balaban J connectivity index is 1.49. The molecule has 2 aromatic heterocycles. The molecule has 4 rings (SSSR count). The number of alkyl halides is 3. The first-order valence-corrected chi connectivity index (χ1v) is 9.33. The predicted octanol–water partition coefficient (Wildman–Crippen LogP) is 3.40. The number of hydrogen-bond acceptors (Lipinski definition) is 8. The highest BCUT2D eigenvalue weighted by atomic mass is 35.5. The molecule has 158 valence electrons. The van der Waals surface area contributed by atoms with E-state index in [1.807, 2.05) is 0 Å². The van der Waals surface area contributed by atoms with Gasteiger partial charge < -0.3 is 14.7 Å². The van der Waals surface area contributed by atoms with Crippen LogP contribution in [0.5, 0.6) is 0 Å². The molecule has 0 fully saturated rings. The number of benzene rings is 1. The highest BCUT2D eigenvalue weighted by Gasteiger charge is 2.35. The van der Waals surface area contributed by atoms with Gasteiger partial charge in [0.25, 0.3) is 10.9 Å². The van der Waals surface area contributed by atoms with Crippen molar-refractivity contribution in [3.63, 3.8) is 0 Å². The zero-order valence-electron chi connectivity index (χ0n) is 16.0. The molecule has 0 atom stereocenters. The molecule has 0 aliphatic heterocycles. The van der Waals surface area contributed by atoms with Gasteiger partial charge in [-0.05, 0) is 29.3 Å². The molecule has 31 heavy (non-hydrogen) atoms. The minimum atomic E-state index is -3.74. The third-order valence-electron chi connectivity index (χ3n) is 4.50. The molecule has 11 heteroatoms. The first-order chi connectivity index (χ1) is 14.7. The van der Waals surface area contributed by atoms with Gasteiger partial charge in [-0.2, -0.15) is 13.8 Å². The van der Waals surface area contributed by atoms with Crippen LogP contribution in [-0.4, -0.2) is 22.2 Å². The lowest BCUT2D eigenvalue weighted by Gasteiger charge is -2.23. The first kappa shape index (κ1) is 20.6. The van der Waals surface area contributed by atoms with Crippen LogP contribution in [0.4, 0.5) is 25.8 Å². The summed E-state index contributed by atoms with van der Waals surface area (Å²) in [6.07, 6.45) is 3.14. The lowest BCUT2D eigenvalue weighted by Crippen LogP contribution is -2.40. The summed E-state index contributed by atoms with van der Waals surface area (Å²) in [6, 6.07) is 10.1. The summed E-state index contributed by atoms with van der Waals surface area (Å²) in [7, 11) is 1.69. The van der Waals surface area contributed by atoms with Crippen molar-refractivity contribution in [1.29, 1.82) is 0 Å². The highest BCUT2D eigenvalue weighted by molar-refractivity contribution is 6.21. The van der Waals surface area contributed by atoms with Gasteiger partial charge in [0, 0.05) is 25.4 Å². The molecule has 0 saturated heterocycles. The summed E-state index contributed by atoms with van der Waals surface area (Å²) in [6.45, 7) is 0.324. The van der Waals surface area contributed by atoms with Gasteiger partial charge in [0.05, 0.1) is 11.9 Å². The molecule has 0 aliphatic rings. The summed E-state index contributed by atoms with van der Waals surface area (Å²) in [5.74, 6) is -1.01. The van der Waals surface area contributed by atoms with E-state index in [9.17, 15) is 18.4 Å². The van der Waals surface area contributed by atoms with Crippen LogP contribution in [0.3, 0.4) is 0 Å². The first-order valence-electron chi connectivity index (χ1n) is 8.96. The van der Waals surface area contributed by atoms with Gasteiger partial charge >= 0.3 is 11.3 Å². The normalized spacial score (nSPS) is 11.6. The fourth-order valence-corrected chi connectivity index (χ4v) is 3.09. The highest BCUT2D eigenvalue weighted by Crippen LogP contribution is 2.32. The molecule has 0 radical (unpaired) electrons. The number of pyridine rings is 1. The average Bonchev–Trinajstić information content (AvgIpc) is 3.25. The van der Waals surface area contributed by atoms with Crippen LogP contribution in [0.1, 0.15) is 11.5 Å². The molecule has 0 saturated carbocycles. The van der Waals surface area contributed by atoms with Gasteiger partial charge in [-0.15, -0.1) is 0 Å². The Kier molecular flexibility index (Phi) is 5.24. The maximum Gasteiger partial charge on any atom is 0.400 e. The Morgan fingerprint density at radius 3 is 2.52 bits per heavy atom. The standard InChI is InChI=1S/C20H14ClF2N5O3/c1-28(15-14(16(29)17(15)30)25-13-3-2-8-24-9-13)10-11-4-6-12(7-5-11)18-26-19(31-27-18)20(21,22)23/h2-9,25H,10H2,1H3. The van der Waals surface area contributed by atoms with E-state index in [0.29, 0.717) is 17.8 Å². The van der Waals surface area contributed by atoms with Crippen molar-refractivity contribution in [1.82, 2.24) is 15.1 Å². The number of halogens is 3. The van der Waals surface area contributed by atoms with Crippen LogP contribution in [0.25, 0.3) is 11.4 Å². The van der Waals surface area contributed by atoms with Crippen molar-refractivity contribution < 1.29 is 13.3 Å². The molecule has 2 heterocycles. The van der Waals surface area contributed by atoms with Crippen molar-refractivity contribution in [2.45, 2.75) is 11.9 Å². The minimum absolute atomic E-state index is 0.0272. The maximum atomic E-state index is 13.0. The molecular weight excluding hydrogens is 432 g/mol. The van der Waals surface area contributed by atoms with Crippen molar-refractivity contribution in [3.05, 3.63) is 80.7 Å². The van der Waals surface area contributed by atoms with E-state index in [0.717, 1.165) is 5.56 Å². The molecule has 4 aromatic rings. The molecule has 1 N–H and O–H groups in total. The van der Waals surface area contributed by atoms with Crippen molar-refractivity contribution in [2.24, 2.45) is 0 Å². The summed E-state index contributed by atoms with van der Waals surface area (Å²) in [5.41, 5.74) is 1.16. The van der Waals surface area contributed by atoms with Crippen molar-refractivity contribution in [3.8, 4) is 11.4 Å². The SMILES string of the molecule is CN(Cc1ccc(-c2noc(C(F)(F)Cl)n2)cc1)c1c(Nc2cccnc2)c(=O)c1=O. The molecule has 0 amide bonds. The molecule has 0 bridgehead atoms. The number of nitrogens with one attached hydrogen (secondary N) is 1. The summed E-state index contributed by atoms with van der Waals surface area (Å²) in [4.78, 5) is 33.3. The second kappa shape index (κ2) is 7.88. The zero-order chi connectivity index (χ0) is 22.2. The second-order valence-electron chi connectivity index (χ2n) is 6.72. The number of aromatic nitrogens is 3. The maximum absolute atomic E-state index is 13.0. The average molecular weight is 446 g/mol. The van der Waals surface area contributed by atoms with E-state index in [-0.39, 0.29) is 17.2 Å². The number of hydrogen-bond donors (Lipinski definition) is 1. The lowest BCUT2D eigenvalue weighted by molar-refractivity contribution is 0.0551. The Bertz CT molecular complexity index is 1280. The predicted molar refractivity (Wildman–Crippen MR) is 110 cm³/mol. The summed E-state index contributed by atoms with van der Waals surface area (Å²) in [5, 5.41) is 2.68. The molecule has 2 aromatic carbocycles. The van der Waals surface area contributed by atoms with Crippen LogP contribution in [0.15, 0.2) is 62.9 Å². The van der Waals surface area contributed by atoms with Crippen LogP contribution in [0, 0.1) is 0 Å². The Morgan fingerprint density at radius 2 is 1.90 bits per heavy atom. The van der Waals surface area contributed by atoms with E-state index >= 15 is 0 Å². The Labute approximate surface area is 178 Å². The van der Waals surface area contributed by atoms with Gasteiger partial charge in [-0.1, -0.05) is 29.4 Å². The fraction of sp³-hybridized carbons (Fsp3) is 0.150. The van der Waals surface area contributed by atoms with E-state index in [2.05, 4.69) is 25.0 Å². The van der Waals surface area contributed by atoms with Crippen LogP contribution >= 0.6 is 11.6 Å². The number of rotatable bonds is 7. The van der Waals surface area contributed by atoms with E-state index in [1.54, 1.807) is 60.7 Å². The monoisotopic (exact) mass is 445 g/mol. The smallest absolute Gasteiger partial charge is 0.365 e. The minimum Gasteiger partial charge on any atom is -0.365 e. The van der Waals surface area contributed by atoms with Crippen LogP contribution in [0.2, 0.25) is 0 Å². The molecule has 0 spiro atoms. The van der Waals surface area contributed by atoms with Gasteiger partial charge in [0.2, 0.25) is 5.82 Å². The Hall–Kier alpha value is -3.66. The number of anilines is 3. The molecule has 0 aliphatic carbocycles. The summed E-state index contributed by atoms with van der Waals surface area (Å²) >= 11 is 4.88. The number of nitrogens with zero attached hydrogens (tertiary/aromatic N) is 4. The largest absolute Gasteiger partial charge is 0.400 e. The third kappa shape index (κ3) is 4.15. The van der Waals surface area contributed by atoms with Gasteiger partial charge in [-0.25, -0.2) is 0 Å². The topological polar surface area (TPSA) is 101 Å². The summed E-state index contributed by atoms with van der Waals surface area (Å²) < 4.78 is 30.5. The molecule has 0 unspecified atom stereocenters. The van der Waals surface area contributed by atoms with Gasteiger partial charge in [0.15, 0.2) is 0 Å². The van der Waals surface area contributed by atoms with Crippen molar-refractivity contribution >= 4 is 28.7 Å². The molecular formula is C20H14ClF2N5O3. The van der Waals surface area contributed by atoms with Gasteiger partial charge in [-0.3, -0.25) is 14.6 Å². The lowest BCUT2D eigenvalue weighted by atomic mass is 10.1. The van der Waals surface area contributed by atoms with Crippen LogP contribution < -0.4 is 21.1 Å². The van der Waals surface area contributed by atoms with Crippen LogP contribution in [-0.2, 0) is 11.9 Å². The molecule has 8 nitrogen and oxygen atoms in total. The van der Waals surface area contributed by atoms with Crippen molar-refractivity contribution in [2.75, 3.05) is 17.3 Å². The quantitative estimate of drug-likeness (QED) is 0.341. The van der Waals surface area contributed by atoms with E-state index in [1.165, 1.54) is 0 Å². The fourth-order valence-electron chi connectivity index (χ4n) is 3.01. The zero-order valence-corrected chi connectivity index (χ0v) is 16.7. The van der Waals surface area contributed by atoms with Gasteiger partial charge in [0.1, 0.15) is 11.4 Å².